The van der Waals surface area contributed by atoms with Crippen molar-refractivity contribution in [1.82, 2.24) is 0 Å². The summed E-state index contributed by atoms with van der Waals surface area (Å²) in [6, 6.07) is 15.5. The van der Waals surface area contributed by atoms with Crippen molar-refractivity contribution < 1.29 is 29.6 Å². The highest BCUT2D eigenvalue weighted by atomic mass is 16.5. The van der Waals surface area contributed by atoms with E-state index in [2.05, 4.69) is 0 Å². The number of aliphatic hydroxyl groups is 2. The maximum Gasteiger partial charge on any atom is 0.328 e. The first-order chi connectivity index (χ1) is 12.1. The van der Waals surface area contributed by atoms with Gasteiger partial charge < -0.3 is 24.8 Å². The second-order valence-corrected chi connectivity index (χ2v) is 5.18. The Balaban J connectivity index is 2.21. The first kappa shape index (κ1) is 18.5. The molecule has 0 heterocycles. The summed E-state index contributed by atoms with van der Waals surface area (Å²) < 4.78 is 11.0. The Kier molecular flexibility index (Phi) is 7.00. The molecule has 0 unspecified atom stereocenters. The highest BCUT2D eigenvalue weighted by molar-refractivity contribution is 5.79. The van der Waals surface area contributed by atoms with Crippen LogP contribution in [0.5, 0.6) is 11.5 Å². The molecule has 0 aliphatic rings. The summed E-state index contributed by atoms with van der Waals surface area (Å²) in [5, 5.41) is 28.3. The number of aliphatic hydroxyl groups excluding tert-OH is 2. The van der Waals surface area contributed by atoms with E-state index in [0.717, 1.165) is 6.08 Å². The second kappa shape index (κ2) is 9.46. The average molecular weight is 344 g/mol. The van der Waals surface area contributed by atoms with Gasteiger partial charge in [0.15, 0.2) is 0 Å². The van der Waals surface area contributed by atoms with E-state index in [1.165, 1.54) is 6.08 Å². The molecule has 0 aliphatic carbocycles. The predicted octanol–water partition coefficient (Wildman–Crippen LogP) is 2.18. The third kappa shape index (κ3) is 5.95. The zero-order valence-corrected chi connectivity index (χ0v) is 13.5. The van der Waals surface area contributed by atoms with Crippen LogP contribution in [0.15, 0.2) is 66.7 Å². The van der Waals surface area contributed by atoms with Gasteiger partial charge in [-0.1, -0.05) is 30.3 Å². The van der Waals surface area contributed by atoms with Gasteiger partial charge in [-0.15, -0.1) is 0 Å². The predicted molar refractivity (Wildman–Crippen MR) is 91.6 cm³/mol. The lowest BCUT2D eigenvalue weighted by molar-refractivity contribution is -0.131. The zero-order chi connectivity index (χ0) is 18.1. The minimum absolute atomic E-state index is 0.117. The van der Waals surface area contributed by atoms with Crippen LogP contribution in [0.2, 0.25) is 0 Å². The van der Waals surface area contributed by atoms with E-state index >= 15 is 0 Å². The molecule has 0 saturated carbocycles. The Morgan fingerprint density at radius 1 is 1.08 bits per heavy atom. The van der Waals surface area contributed by atoms with Crippen molar-refractivity contribution in [2.75, 3.05) is 13.2 Å². The highest BCUT2D eigenvalue weighted by Crippen LogP contribution is 2.25. The summed E-state index contributed by atoms with van der Waals surface area (Å²) in [5.41, 5.74) is 0.506. The van der Waals surface area contributed by atoms with Crippen LogP contribution in [0.4, 0.5) is 0 Å². The van der Waals surface area contributed by atoms with Crippen molar-refractivity contribution in [1.29, 1.82) is 0 Å². The summed E-state index contributed by atoms with van der Waals surface area (Å²) in [5.74, 6) is -0.130. The lowest BCUT2D eigenvalue weighted by Gasteiger charge is -2.22. The molecule has 0 bridgehead atoms. The molecule has 0 radical (unpaired) electrons. The van der Waals surface area contributed by atoms with E-state index < -0.39 is 18.2 Å². The van der Waals surface area contributed by atoms with Crippen molar-refractivity contribution in [2.24, 2.45) is 0 Å². The summed E-state index contributed by atoms with van der Waals surface area (Å²) in [6.07, 6.45) is 0.226. The fraction of sp³-hybridized carbons (Fsp3) is 0.211. The smallest absolute Gasteiger partial charge is 0.328 e. The van der Waals surface area contributed by atoms with Gasteiger partial charge in [-0.2, -0.15) is 0 Å². The van der Waals surface area contributed by atoms with Crippen LogP contribution in [-0.2, 0) is 4.79 Å². The van der Waals surface area contributed by atoms with Crippen molar-refractivity contribution in [2.45, 2.75) is 12.2 Å². The standard InChI is InChI=1S/C19H20O6/c20-11-12-24-16-8-4-5-14(13-16)19(23)17(9-10-18(21)22)25-15-6-2-1-3-7-15/h1-10,13,17,19-20,23H,11-12H2,(H,21,22)/b10-9+/t17-,19-/m1/s1. The molecule has 0 aliphatic heterocycles. The van der Waals surface area contributed by atoms with Crippen molar-refractivity contribution in [3.05, 3.63) is 72.3 Å². The lowest BCUT2D eigenvalue weighted by Crippen LogP contribution is -2.23. The Bertz CT molecular complexity index is 698. The Morgan fingerprint density at radius 2 is 1.80 bits per heavy atom. The van der Waals surface area contributed by atoms with Crippen LogP contribution in [0, 0.1) is 0 Å². The number of para-hydroxylation sites is 1. The van der Waals surface area contributed by atoms with E-state index in [9.17, 15) is 9.90 Å². The van der Waals surface area contributed by atoms with Gasteiger partial charge in [0.1, 0.15) is 30.3 Å². The van der Waals surface area contributed by atoms with Crippen LogP contribution in [0.1, 0.15) is 11.7 Å². The maximum atomic E-state index is 10.8. The number of carboxylic acid groups (broad SMARTS) is 1. The molecular weight excluding hydrogens is 324 g/mol. The molecule has 2 atom stereocenters. The van der Waals surface area contributed by atoms with Crippen LogP contribution in [-0.4, -0.2) is 40.6 Å². The minimum Gasteiger partial charge on any atom is -0.491 e. The molecule has 0 amide bonds. The molecular formula is C19H20O6. The fourth-order valence-electron chi connectivity index (χ4n) is 2.18. The van der Waals surface area contributed by atoms with Crippen molar-refractivity contribution >= 4 is 5.97 Å². The molecule has 3 N–H and O–H groups in total. The van der Waals surface area contributed by atoms with Gasteiger partial charge in [-0.3, -0.25) is 0 Å². The van der Waals surface area contributed by atoms with Gasteiger partial charge in [0, 0.05) is 6.08 Å². The normalized spacial score (nSPS) is 13.4. The fourth-order valence-corrected chi connectivity index (χ4v) is 2.18. The molecule has 2 rings (SSSR count). The lowest BCUT2D eigenvalue weighted by atomic mass is 10.0. The van der Waals surface area contributed by atoms with Gasteiger partial charge >= 0.3 is 5.97 Å². The number of hydrogen-bond donors (Lipinski definition) is 3. The number of carbonyl (C=O) groups is 1. The van der Waals surface area contributed by atoms with E-state index in [4.69, 9.17) is 19.7 Å². The summed E-state index contributed by atoms with van der Waals surface area (Å²) in [7, 11) is 0. The third-order valence-corrected chi connectivity index (χ3v) is 3.31. The number of rotatable bonds is 9. The Labute approximate surface area is 145 Å². The van der Waals surface area contributed by atoms with Crippen molar-refractivity contribution in [3.63, 3.8) is 0 Å². The van der Waals surface area contributed by atoms with Crippen LogP contribution >= 0.6 is 0 Å². The first-order valence-corrected chi connectivity index (χ1v) is 7.74. The summed E-state index contributed by atoms with van der Waals surface area (Å²) >= 11 is 0. The van der Waals surface area contributed by atoms with Crippen LogP contribution in [0.25, 0.3) is 0 Å². The molecule has 0 spiro atoms. The van der Waals surface area contributed by atoms with Crippen LogP contribution in [0.3, 0.4) is 0 Å². The molecule has 2 aromatic rings. The summed E-state index contributed by atoms with van der Waals surface area (Å²) in [6.45, 7) is 0.0241. The number of carboxylic acids is 1. The van der Waals surface area contributed by atoms with Gasteiger partial charge in [0.25, 0.3) is 0 Å². The molecule has 0 fully saturated rings. The second-order valence-electron chi connectivity index (χ2n) is 5.18. The molecule has 6 nitrogen and oxygen atoms in total. The van der Waals surface area contributed by atoms with E-state index in [1.54, 1.807) is 48.5 Å². The van der Waals surface area contributed by atoms with E-state index in [0.29, 0.717) is 17.1 Å². The number of ether oxygens (including phenoxy) is 2. The van der Waals surface area contributed by atoms with Gasteiger partial charge in [-0.25, -0.2) is 4.79 Å². The first-order valence-electron chi connectivity index (χ1n) is 7.74. The van der Waals surface area contributed by atoms with E-state index in [-0.39, 0.29) is 13.2 Å². The van der Waals surface area contributed by atoms with Gasteiger partial charge in [0.2, 0.25) is 0 Å². The topological polar surface area (TPSA) is 96.2 Å². The molecule has 6 heteroatoms. The summed E-state index contributed by atoms with van der Waals surface area (Å²) in [4.78, 5) is 10.8. The molecule has 25 heavy (non-hydrogen) atoms. The number of hydrogen-bond acceptors (Lipinski definition) is 5. The van der Waals surface area contributed by atoms with Gasteiger partial charge in [0.05, 0.1) is 6.61 Å². The minimum atomic E-state index is -1.13. The quantitative estimate of drug-likeness (QED) is 0.604. The number of benzene rings is 2. The zero-order valence-electron chi connectivity index (χ0n) is 13.5. The monoisotopic (exact) mass is 344 g/mol. The molecule has 0 saturated heterocycles. The highest BCUT2D eigenvalue weighted by Gasteiger charge is 2.21. The molecule has 132 valence electrons. The number of aliphatic carboxylic acids is 1. The van der Waals surface area contributed by atoms with Gasteiger partial charge in [-0.05, 0) is 35.9 Å². The van der Waals surface area contributed by atoms with E-state index in [1.807, 2.05) is 6.07 Å². The largest absolute Gasteiger partial charge is 0.491 e. The molecule has 2 aromatic carbocycles. The SMILES string of the molecule is O=C(O)/C=C/[C@@H](Oc1ccccc1)[C@H](O)c1cccc(OCCO)c1. The molecule has 0 aromatic heterocycles. The average Bonchev–Trinajstić information content (AvgIpc) is 2.63. The van der Waals surface area contributed by atoms with Crippen molar-refractivity contribution in [3.8, 4) is 11.5 Å². The van der Waals surface area contributed by atoms with Crippen LogP contribution < -0.4 is 9.47 Å². The Morgan fingerprint density at radius 3 is 2.48 bits per heavy atom. The Hall–Kier alpha value is -2.83. The third-order valence-electron chi connectivity index (χ3n) is 3.31. The maximum absolute atomic E-state index is 10.8.